The van der Waals surface area contributed by atoms with E-state index in [9.17, 15) is 0 Å². The number of hydrogen-bond donors (Lipinski definition) is 0. The van der Waals surface area contributed by atoms with Crippen molar-refractivity contribution < 1.29 is 0 Å². The summed E-state index contributed by atoms with van der Waals surface area (Å²) in [7, 11) is 0. The van der Waals surface area contributed by atoms with Crippen LogP contribution in [-0.4, -0.2) is 0 Å². The van der Waals surface area contributed by atoms with Gasteiger partial charge in [0.1, 0.15) is 0 Å². The average molecular weight is 455 g/mol. The minimum atomic E-state index is 0.423. The highest BCUT2D eigenvalue weighted by Gasteiger charge is 2.10. The van der Waals surface area contributed by atoms with Crippen LogP contribution in [0.3, 0.4) is 0 Å². The monoisotopic (exact) mass is 454 g/mol. The standard InChI is InChI=1S/C11H16.C10H11Cl.C10H20/c1-9(2)7-11-6-4-5-10(3)8-11;1-4-10-7(2)5-9(11)6-8(10)3;1-6-7-9(2)8-10(3,4)5/h4-6,8-9H,7H2,1-3H3;4-6H,1H2,2-3H3;2,6-8H2,1,3-5H3. The maximum Gasteiger partial charge on any atom is 0.0411 e. The molecule has 0 radical (unpaired) electrons. The Labute approximate surface area is 204 Å². The average Bonchev–Trinajstić information content (AvgIpc) is 2.60. The summed E-state index contributed by atoms with van der Waals surface area (Å²) in [6.45, 7) is 27.5. The molecule has 2 aromatic carbocycles. The van der Waals surface area contributed by atoms with Gasteiger partial charge in [-0.3, -0.25) is 0 Å². The predicted molar refractivity (Wildman–Crippen MR) is 149 cm³/mol. The Kier molecular flexibility index (Phi) is 14.3. The van der Waals surface area contributed by atoms with E-state index in [0.29, 0.717) is 5.41 Å². The van der Waals surface area contributed by atoms with E-state index in [1.165, 1.54) is 59.1 Å². The Morgan fingerprint density at radius 1 is 1.03 bits per heavy atom. The van der Waals surface area contributed by atoms with E-state index in [-0.39, 0.29) is 0 Å². The van der Waals surface area contributed by atoms with E-state index < -0.39 is 0 Å². The third kappa shape index (κ3) is 14.3. The largest absolute Gasteiger partial charge is 0.0998 e. The second kappa shape index (κ2) is 15.1. The molecule has 178 valence electrons. The van der Waals surface area contributed by atoms with Crippen molar-refractivity contribution in [2.75, 3.05) is 0 Å². The molecule has 2 rings (SSSR count). The SMILES string of the molecule is C=C(CCC)CC(C)(C)C.C=Cc1c(C)cc(Cl)cc1C.Cc1cccc(CC(C)C)c1. The van der Waals surface area contributed by atoms with Crippen molar-refractivity contribution in [1.29, 1.82) is 0 Å². The lowest BCUT2D eigenvalue weighted by atomic mass is 9.87. The van der Waals surface area contributed by atoms with Crippen molar-refractivity contribution in [2.45, 2.75) is 88.0 Å². The van der Waals surface area contributed by atoms with Gasteiger partial charge in [-0.25, -0.2) is 0 Å². The van der Waals surface area contributed by atoms with E-state index >= 15 is 0 Å². The number of aryl methyl sites for hydroxylation is 3. The molecule has 0 spiro atoms. The van der Waals surface area contributed by atoms with Crippen LogP contribution in [0, 0.1) is 32.1 Å². The van der Waals surface area contributed by atoms with Crippen LogP contribution in [0.1, 0.15) is 88.6 Å². The van der Waals surface area contributed by atoms with Crippen LogP contribution >= 0.6 is 11.6 Å². The predicted octanol–water partition coefficient (Wildman–Crippen LogP) is 10.6. The molecule has 1 heteroatoms. The van der Waals surface area contributed by atoms with E-state index in [2.05, 4.69) is 85.9 Å². The molecule has 0 aromatic heterocycles. The zero-order chi connectivity index (χ0) is 24.9. The summed E-state index contributed by atoms with van der Waals surface area (Å²) in [5.41, 5.74) is 8.20. The number of allylic oxidation sites excluding steroid dienone is 1. The van der Waals surface area contributed by atoms with Crippen LogP contribution in [-0.2, 0) is 6.42 Å². The van der Waals surface area contributed by atoms with Gasteiger partial charge in [-0.2, -0.15) is 0 Å². The lowest BCUT2D eigenvalue weighted by Gasteiger charge is -2.19. The quantitative estimate of drug-likeness (QED) is 0.380. The molecule has 0 aliphatic heterocycles. The summed E-state index contributed by atoms with van der Waals surface area (Å²) in [6, 6.07) is 12.6. The van der Waals surface area contributed by atoms with Crippen molar-refractivity contribution >= 4 is 17.7 Å². The summed E-state index contributed by atoms with van der Waals surface area (Å²) in [6.07, 6.45) is 6.65. The minimum absolute atomic E-state index is 0.423. The second-order valence-corrected chi connectivity index (χ2v) is 10.9. The summed E-state index contributed by atoms with van der Waals surface area (Å²) in [5, 5.41) is 0.797. The van der Waals surface area contributed by atoms with Crippen LogP contribution in [0.5, 0.6) is 0 Å². The Hall–Kier alpha value is -1.79. The molecule has 0 amide bonds. The highest BCUT2D eigenvalue weighted by Crippen LogP contribution is 2.25. The molecular formula is C31H47Cl. The molecule has 0 fully saturated rings. The molecule has 0 aliphatic carbocycles. The summed E-state index contributed by atoms with van der Waals surface area (Å²) < 4.78 is 0. The van der Waals surface area contributed by atoms with Gasteiger partial charge in [0.25, 0.3) is 0 Å². The molecule has 0 heterocycles. The Morgan fingerprint density at radius 3 is 2.00 bits per heavy atom. The summed E-state index contributed by atoms with van der Waals surface area (Å²) in [5.74, 6) is 0.761. The fourth-order valence-electron chi connectivity index (χ4n) is 3.75. The number of hydrogen-bond acceptors (Lipinski definition) is 0. The highest BCUT2D eigenvalue weighted by molar-refractivity contribution is 6.30. The molecule has 0 atom stereocenters. The van der Waals surface area contributed by atoms with E-state index in [1.807, 2.05) is 32.1 Å². The van der Waals surface area contributed by atoms with Crippen molar-refractivity contribution in [3.63, 3.8) is 0 Å². The van der Waals surface area contributed by atoms with Gasteiger partial charge < -0.3 is 0 Å². The minimum Gasteiger partial charge on any atom is -0.0998 e. The van der Waals surface area contributed by atoms with E-state index in [0.717, 1.165) is 10.9 Å². The first kappa shape index (κ1) is 30.2. The maximum atomic E-state index is 5.84. The smallest absolute Gasteiger partial charge is 0.0411 e. The Balaban J connectivity index is 0.000000452. The van der Waals surface area contributed by atoms with Gasteiger partial charge in [0, 0.05) is 5.02 Å². The normalized spacial score (nSPS) is 10.6. The Morgan fingerprint density at radius 2 is 1.59 bits per heavy atom. The van der Waals surface area contributed by atoms with Crippen molar-refractivity contribution in [3.8, 4) is 0 Å². The molecule has 0 unspecified atom stereocenters. The second-order valence-electron chi connectivity index (χ2n) is 10.5. The first-order chi connectivity index (χ1) is 14.8. The molecule has 0 bridgehead atoms. The van der Waals surface area contributed by atoms with Gasteiger partial charge in [0.2, 0.25) is 0 Å². The molecule has 32 heavy (non-hydrogen) atoms. The molecule has 0 saturated carbocycles. The van der Waals surface area contributed by atoms with Crippen LogP contribution in [0.25, 0.3) is 6.08 Å². The van der Waals surface area contributed by atoms with Crippen LogP contribution in [0.2, 0.25) is 5.02 Å². The van der Waals surface area contributed by atoms with Gasteiger partial charge in [-0.05, 0) is 85.8 Å². The van der Waals surface area contributed by atoms with E-state index in [4.69, 9.17) is 11.6 Å². The molecule has 0 saturated heterocycles. The third-order valence-corrected chi connectivity index (χ3v) is 5.09. The lowest BCUT2D eigenvalue weighted by Crippen LogP contribution is -2.05. The molecular weight excluding hydrogens is 408 g/mol. The van der Waals surface area contributed by atoms with Crippen LogP contribution in [0.4, 0.5) is 0 Å². The van der Waals surface area contributed by atoms with Crippen molar-refractivity contribution in [1.82, 2.24) is 0 Å². The molecule has 0 N–H and O–H groups in total. The van der Waals surface area contributed by atoms with Crippen LogP contribution in [0.15, 0.2) is 55.1 Å². The summed E-state index contributed by atoms with van der Waals surface area (Å²) in [4.78, 5) is 0. The highest BCUT2D eigenvalue weighted by atomic mass is 35.5. The third-order valence-electron chi connectivity index (χ3n) is 4.87. The molecule has 2 aromatic rings. The van der Waals surface area contributed by atoms with Gasteiger partial charge in [0.15, 0.2) is 0 Å². The molecule has 0 nitrogen and oxygen atoms in total. The lowest BCUT2D eigenvalue weighted by molar-refractivity contribution is 0.404. The van der Waals surface area contributed by atoms with Crippen molar-refractivity contribution in [2.24, 2.45) is 11.3 Å². The maximum absolute atomic E-state index is 5.84. The zero-order valence-corrected chi connectivity index (χ0v) is 23.0. The van der Waals surface area contributed by atoms with Gasteiger partial charge >= 0.3 is 0 Å². The topological polar surface area (TPSA) is 0 Å². The number of rotatable bonds is 6. The van der Waals surface area contributed by atoms with Crippen molar-refractivity contribution in [3.05, 3.63) is 88.0 Å². The summed E-state index contributed by atoms with van der Waals surface area (Å²) >= 11 is 5.84. The van der Waals surface area contributed by atoms with E-state index in [1.54, 1.807) is 0 Å². The first-order valence-electron chi connectivity index (χ1n) is 11.9. The van der Waals surface area contributed by atoms with Gasteiger partial charge in [-0.15, -0.1) is 0 Å². The van der Waals surface area contributed by atoms with Gasteiger partial charge in [-0.1, -0.05) is 114 Å². The fourth-order valence-corrected chi connectivity index (χ4v) is 4.07. The van der Waals surface area contributed by atoms with Crippen LogP contribution < -0.4 is 0 Å². The zero-order valence-electron chi connectivity index (χ0n) is 22.2. The first-order valence-corrected chi connectivity index (χ1v) is 12.3. The number of benzene rings is 2. The Bertz CT molecular complexity index is 811. The molecule has 0 aliphatic rings. The number of halogens is 1. The van der Waals surface area contributed by atoms with Gasteiger partial charge in [0.05, 0.1) is 0 Å². The fraction of sp³-hybridized carbons (Fsp3) is 0.484.